The van der Waals surface area contributed by atoms with E-state index in [4.69, 9.17) is 0 Å². The Bertz CT molecular complexity index is 410. The van der Waals surface area contributed by atoms with Crippen molar-refractivity contribution in [3.63, 3.8) is 0 Å². The first-order chi connectivity index (χ1) is 10.1. The van der Waals surface area contributed by atoms with Crippen LogP contribution in [0.15, 0.2) is 24.3 Å². The Morgan fingerprint density at radius 3 is 2.29 bits per heavy atom. The Labute approximate surface area is 129 Å². The topological polar surface area (TPSA) is 32.3 Å². The number of hydrogen-bond acceptors (Lipinski definition) is 2. The molecule has 118 valence electrons. The van der Waals surface area contributed by atoms with Crippen molar-refractivity contribution in [1.82, 2.24) is 10.2 Å². The molecule has 0 aliphatic rings. The van der Waals surface area contributed by atoms with Gasteiger partial charge in [0.25, 0.3) is 0 Å². The van der Waals surface area contributed by atoms with Crippen LogP contribution in [-0.4, -0.2) is 30.4 Å². The molecule has 1 aromatic rings. The molecule has 1 rings (SSSR count). The average molecular weight is 290 g/mol. The van der Waals surface area contributed by atoms with Gasteiger partial charge >= 0.3 is 0 Å². The number of rotatable bonds is 9. The number of aryl methyl sites for hydroxylation is 1. The zero-order valence-corrected chi connectivity index (χ0v) is 14.0. The van der Waals surface area contributed by atoms with Gasteiger partial charge in [0.15, 0.2) is 0 Å². The Kier molecular flexibility index (Phi) is 8.06. The lowest BCUT2D eigenvalue weighted by Crippen LogP contribution is -2.33. The summed E-state index contributed by atoms with van der Waals surface area (Å²) in [7, 11) is 0. The average Bonchev–Trinajstić information content (AvgIpc) is 2.49. The van der Waals surface area contributed by atoms with Crippen molar-refractivity contribution in [1.29, 1.82) is 0 Å². The Morgan fingerprint density at radius 2 is 1.76 bits per heavy atom. The maximum Gasteiger partial charge on any atom is 0.223 e. The largest absolute Gasteiger partial charge is 0.343 e. The van der Waals surface area contributed by atoms with E-state index in [1.807, 2.05) is 18.7 Å². The molecule has 1 N–H and O–H groups in total. The van der Waals surface area contributed by atoms with Crippen LogP contribution in [-0.2, 0) is 11.2 Å². The molecule has 1 atom stereocenters. The first-order valence-corrected chi connectivity index (χ1v) is 8.22. The molecule has 0 bridgehead atoms. The second kappa shape index (κ2) is 9.56. The number of hydrogen-bond donors (Lipinski definition) is 1. The van der Waals surface area contributed by atoms with Gasteiger partial charge in [-0.15, -0.1) is 0 Å². The summed E-state index contributed by atoms with van der Waals surface area (Å²) in [6, 6.07) is 9.07. The fraction of sp³-hybridized carbons (Fsp3) is 0.611. The molecule has 1 aromatic carbocycles. The highest BCUT2D eigenvalue weighted by Crippen LogP contribution is 2.14. The third-order valence-corrected chi connectivity index (χ3v) is 3.92. The molecule has 0 spiro atoms. The monoisotopic (exact) mass is 290 g/mol. The van der Waals surface area contributed by atoms with Crippen LogP contribution >= 0.6 is 0 Å². The maximum atomic E-state index is 11.9. The molecule has 1 amide bonds. The predicted molar refractivity (Wildman–Crippen MR) is 89.4 cm³/mol. The molecule has 3 nitrogen and oxygen atoms in total. The van der Waals surface area contributed by atoms with Gasteiger partial charge in [-0.25, -0.2) is 0 Å². The minimum Gasteiger partial charge on any atom is -0.343 e. The van der Waals surface area contributed by atoms with Crippen molar-refractivity contribution in [2.24, 2.45) is 0 Å². The standard InChI is InChI=1S/C18H30N2O/c1-5-8-16-9-11-17(12-10-16)15(4)19-14-13-18(21)20(6-2)7-3/h9-12,15,19H,5-8,13-14H2,1-4H3. The summed E-state index contributed by atoms with van der Waals surface area (Å²) in [5.41, 5.74) is 2.68. The molecule has 21 heavy (non-hydrogen) atoms. The molecule has 3 heteroatoms. The minimum absolute atomic E-state index is 0.234. The summed E-state index contributed by atoms with van der Waals surface area (Å²) < 4.78 is 0. The van der Waals surface area contributed by atoms with E-state index in [2.05, 4.69) is 43.4 Å². The summed E-state index contributed by atoms with van der Waals surface area (Å²) >= 11 is 0. The number of benzene rings is 1. The van der Waals surface area contributed by atoms with E-state index in [1.54, 1.807) is 0 Å². The number of carbonyl (C=O) groups excluding carboxylic acids is 1. The number of nitrogens with one attached hydrogen (secondary N) is 1. The second-order valence-corrected chi connectivity index (χ2v) is 5.48. The number of amides is 1. The Morgan fingerprint density at radius 1 is 1.14 bits per heavy atom. The van der Waals surface area contributed by atoms with Crippen LogP contribution in [0.25, 0.3) is 0 Å². The second-order valence-electron chi connectivity index (χ2n) is 5.48. The number of carbonyl (C=O) groups is 1. The van der Waals surface area contributed by atoms with E-state index in [1.165, 1.54) is 17.5 Å². The molecule has 0 aliphatic carbocycles. The van der Waals surface area contributed by atoms with Crippen LogP contribution in [0.1, 0.15) is 57.7 Å². The van der Waals surface area contributed by atoms with Crippen molar-refractivity contribution in [2.45, 2.75) is 53.0 Å². The smallest absolute Gasteiger partial charge is 0.223 e. The molecule has 0 aromatic heterocycles. The van der Waals surface area contributed by atoms with Crippen LogP contribution < -0.4 is 5.32 Å². The highest BCUT2D eigenvalue weighted by Gasteiger charge is 2.10. The zero-order chi connectivity index (χ0) is 15.7. The van der Waals surface area contributed by atoms with Crippen LogP contribution in [0.5, 0.6) is 0 Å². The Balaban J connectivity index is 2.39. The first kappa shape index (κ1) is 17.7. The molecule has 0 aliphatic heterocycles. The van der Waals surface area contributed by atoms with Crippen molar-refractivity contribution in [3.8, 4) is 0 Å². The van der Waals surface area contributed by atoms with Gasteiger partial charge in [-0.2, -0.15) is 0 Å². The van der Waals surface area contributed by atoms with E-state index in [-0.39, 0.29) is 11.9 Å². The third kappa shape index (κ3) is 5.88. The van der Waals surface area contributed by atoms with Crippen LogP contribution in [0.2, 0.25) is 0 Å². The predicted octanol–water partition coefficient (Wildman–Crippen LogP) is 3.55. The van der Waals surface area contributed by atoms with Crippen molar-refractivity contribution >= 4 is 5.91 Å². The first-order valence-electron chi connectivity index (χ1n) is 8.22. The highest BCUT2D eigenvalue weighted by atomic mass is 16.2. The maximum absolute atomic E-state index is 11.9. The normalized spacial score (nSPS) is 12.2. The van der Waals surface area contributed by atoms with Gasteiger partial charge in [0.2, 0.25) is 5.91 Å². The SMILES string of the molecule is CCCc1ccc(C(C)NCCC(=O)N(CC)CC)cc1. The molecule has 0 radical (unpaired) electrons. The van der Waals surface area contributed by atoms with Gasteiger partial charge in [-0.3, -0.25) is 4.79 Å². The van der Waals surface area contributed by atoms with Crippen LogP contribution in [0.4, 0.5) is 0 Å². The molecule has 0 saturated heterocycles. The molecule has 0 saturated carbocycles. The lowest BCUT2D eigenvalue weighted by molar-refractivity contribution is -0.130. The van der Waals surface area contributed by atoms with Gasteiger partial charge in [-0.1, -0.05) is 37.6 Å². The van der Waals surface area contributed by atoms with E-state index in [0.29, 0.717) is 6.42 Å². The van der Waals surface area contributed by atoms with Crippen LogP contribution in [0, 0.1) is 0 Å². The molecule has 0 fully saturated rings. The fourth-order valence-corrected chi connectivity index (χ4v) is 2.51. The zero-order valence-electron chi connectivity index (χ0n) is 14.0. The van der Waals surface area contributed by atoms with Gasteiger partial charge in [0.1, 0.15) is 0 Å². The quantitative estimate of drug-likeness (QED) is 0.754. The minimum atomic E-state index is 0.234. The lowest BCUT2D eigenvalue weighted by Gasteiger charge is -2.20. The number of nitrogens with zero attached hydrogens (tertiary/aromatic N) is 1. The molecular formula is C18H30N2O. The highest BCUT2D eigenvalue weighted by molar-refractivity contribution is 5.76. The summed E-state index contributed by atoms with van der Waals surface area (Å²) in [6.07, 6.45) is 2.89. The van der Waals surface area contributed by atoms with E-state index >= 15 is 0 Å². The van der Waals surface area contributed by atoms with E-state index < -0.39 is 0 Å². The molecule has 1 unspecified atom stereocenters. The molecular weight excluding hydrogens is 260 g/mol. The van der Waals surface area contributed by atoms with E-state index in [0.717, 1.165) is 26.1 Å². The summed E-state index contributed by atoms with van der Waals surface area (Å²) in [4.78, 5) is 13.8. The van der Waals surface area contributed by atoms with Gasteiger partial charge in [-0.05, 0) is 38.3 Å². The van der Waals surface area contributed by atoms with E-state index in [9.17, 15) is 4.79 Å². The summed E-state index contributed by atoms with van der Waals surface area (Å²) in [5, 5.41) is 3.44. The van der Waals surface area contributed by atoms with Gasteiger partial charge in [0.05, 0.1) is 0 Å². The van der Waals surface area contributed by atoms with Gasteiger partial charge in [0, 0.05) is 32.1 Å². The fourth-order valence-electron chi connectivity index (χ4n) is 2.51. The third-order valence-electron chi connectivity index (χ3n) is 3.92. The van der Waals surface area contributed by atoms with Crippen molar-refractivity contribution in [2.75, 3.05) is 19.6 Å². The summed E-state index contributed by atoms with van der Waals surface area (Å²) in [5.74, 6) is 0.234. The van der Waals surface area contributed by atoms with Crippen molar-refractivity contribution in [3.05, 3.63) is 35.4 Å². The summed E-state index contributed by atoms with van der Waals surface area (Å²) in [6.45, 7) is 10.7. The van der Waals surface area contributed by atoms with Crippen LogP contribution in [0.3, 0.4) is 0 Å². The van der Waals surface area contributed by atoms with Crippen molar-refractivity contribution < 1.29 is 4.79 Å². The molecule has 0 heterocycles. The Hall–Kier alpha value is -1.35. The van der Waals surface area contributed by atoms with Gasteiger partial charge < -0.3 is 10.2 Å². The lowest BCUT2D eigenvalue weighted by atomic mass is 10.0.